The van der Waals surface area contributed by atoms with E-state index in [-0.39, 0.29) is 17.3 Å². The number of nitrogens with zero attached hydrogens (tertiary/aromatic N) is 3. The molecule has 0 atom stereocenters. The Morgan fingerprint density at radius 1 is 0.969 bits per heavy atom. The van der Waals surface area contributed by atoms with Crippen LogP contribution in [0, 0.1) is 5.82 Å². The molecule has 172 valence electrons. The summed E-state index contributed by atoms with van der Waals surface area (Å²) in [7, 11) is 0. The van der Waals surface area contributed by atoms with E-state index in [1.165, 1.54) is 30.5 Å². The van der Waals surface area contributed by atoms with E-state index >= 15 is 0 Å². The molecule has 4 rings (SSSR count). The highest BCUT2D eigenvalue weighted by atomic mass is 19.1. The number of rotatable bonds is 5. The Morgan fingerprint density at radius 3 is 2.34 bits per heavy atom. The maximum Gasteiger partial charge on any atom is 0.263 e. The molecule has 1 amide bonds. The van der Waals surface area contributed by atoms with Gasteiger partial charge in [-0.2, -0.15) is 0 Å². The van der Waals surface area contributed by atoms with Crippen LogP contribution in [0.1, 0.15) is 67.1 Å². The number of carbonyl (C=O) groups excluding carboxylic acids is 1. The van der Waals surface area contributed by atoms with E-state index in [2.05, 4.69) is 11.8 Å². The van der Waals surface area contributed by atoms with Gasteiger partial charge in [0, 0.05) is 44.1 Å². The van der Waals surface area contributed by atoms with E-state index in [9.17, 15) is 14.0 Å². The summed E-state index contributed by atoms with van der Waals surface area (Å²) in [6, 6.07) is 8.37. The number of aromatic nitrogens is 1. The molecule has 0 unspecified atom stereocenters. The van der Waals surface area contributed by atoms with Crippen LogP contribution < -0.4 is 10.5 Å². The van der Waals surface area contributed by atoms with Crippen molar-refractivity contribution in [3.63, 3.8) is 0 Å². The Kier molecular flexibility index (Phi) is 7.28. The van der Waals surface area contributed by atoms with Crippen molar-refractivity contribution in [1.82, 2.24) is 9.47 Å². The van der Waals surface area contributed by atoms with Crippen molar-refractivity contribution in [3.05, 3.63) is 63.3 Å². The highest BCUT2D eigenvalue weighted by molar-refractivity contribution is 5.94. The number of benzene rings is 1. The largest absolute Gasteiger partial charge is 0.368 e. The van der Waals surface area contributed by atoms with Gasteiger partial charge in [0.1, 0.15) is 11.4 Å². The van der Waals surface area contributed by atoms with Gasteiger partial charge in [0.2, 0.25) is 0 Å². The molecule has 1 fully saturated rings. The minimum Gasteiger partial charge on any atom is -0.368 e. The fourth-order valence-electron chi connectivity index (χ4n) is 4.93. The number of piperazine rings is 1. The summed E-state index contributed by atoms with van der Waals surface area (Å²) in [5.41, 5.74) is 3.51. The van der Waals surface area contributed by atoms with E-state index in [0.29, 0.717) is 38.3 Å². The number of aryl methyl sites for hydroxylation is 1. The highest BCUT2D eigenvalue weighted by Gasteiger charge is 2.26. The second-order valence-corrected chi connectivity index (χ2v) is 9.01. The molecule has 0 radical (unpaired) electrons. The topological polar surface area (TPSA) is 45.6 Å². The summed E-state index contributed by atoms with van der Waals surface area (Å²) < 4.78 is 15.1. The van der Waals surface area contributed by atoms with Gasteiger partial charge >= 0.3 is 0 Å². The van der Waals surface area contributed by atoms with E-state index in [1.54, 1.807) is 17.0 Å². The lowest BCUT2D eigenvalue weighted by Gasteiger charge is -2.36. The monoisotopic (exact) mass is 439 g/mol. The van der Waals surface area contributed by atoms with Gasteiger partial charge in [-0.1, -0.05) is 26.2 Å². The number of amides is 1. The van der Waals surface area contributed by atoms with Crippen molar-refractivity contribution in [2.24, 2.45) is 0 Å². The molecule has 0 saturated carbocycles. The third kappa shape index (κ3) is 4.89. The molecule has 1 aromatic heterocycles. The zero-order chi connectivity index (χ0) is 22.5. The zero-order valence-corrected chi connectivity index (χ0v) is 19.1. The number of halogens is 1. The number of hydrogen-bond acceptors (Lipinski definition) is 3. The summed E-state index contributed by atoms with van der Waals surface area (Å²) in [5.74, 6) is -0.398. The van der Waals surface area contributed by atoms with Gasteiger partial charge in [-0.15, -0.1) is 0 Å². The third-order valence-electron chi connectivity index (χ3n) is 6.82. The number of fused-ring (bicyclic) bond motifs is 1. The number of anilines is 1. The molecule has 2 heterocycles. The Hall–Kier alpha value is -2.63. The molecular formula is C26H34FN3O2. The van der Waals surface area contributed by atoms with Gasteiger partial charge in [-0.25, -0.2) is 4.39 Å². The maximum absolute atomic E-state index is 13.4. The molecule has 1 aliphatic heterocycles. The number of carbonyl (C=O) groups is 1. The Labute approximate surface area is 189 Å². The lowest BCUT2D eigenvalue weighted by atomic mass is 9.95. The van der Waals surface area contributed by atoms with Crippen molar-refractivity contribution in [2.75, 3.05) is 31.1 Å². The third-order valence-corrected chi connectivity index (χ3v) is 6.82. The second-order valence-electron chi connectivity index (χ2n) is 9.01. The van der Waals surface area contributed by atoms with Crippen LogP contribution in [0.3, 0.4) is 0 Å². The molecule has 6 heteroatoms. The molecule has 2 aromatic rings. The van der Waals surface area contributed by atoms with E-state index < -0.39 is 0 Å². The summed E-state index contributed by atoms with van der Waals surface area (Å²) >= 11 is 0. The summed E-state index contributed by atoms with van der Waals surface area (Å²) in [4.78, 5) is 30.8. The van der Waals surface area contributed by atoms with Crippen molar-refractivity contribution in [1.29, 1.82) is 0 Å². The van der Waals surface area contributed by atoms with Crippen molar-refractivity contribution < 1.29 is 9.18 Å². The lowest BCUT2D eigenvalue weighted by Crippen LogP contribution is -2.50. The van der Waals surface area contributed by atoms with Gasteiger partial charge in [0.15, 0.2) is 0 Å². The van der Waals surface area contributed by atoms with Gasteiger partial charge in [0.25, 0.3) is 11.5 Å². The van der Waals surface area contributed by atoms with E-state index in [0.717, 1.165) is 49.9 Å². The molecule has 1 saturated heterocycles. The molecule has 0 spiro atoms. The van der Waals surface area contributed by atoms with E-state index in [4.69, 9.17) is 0 Å². The van der Waals surface area contributed by atoms with Crippen LogP contribution in [0.5, 0.6) is 0 Å². The van der Waals surface area contributed by atoms with Crippen molar-refractivity contribution in [2.45, 2.75) is 64.8 Å². The quantitative estimate of drug-likeness (QED) is 0.693. The van der Waals surface area contributed by atoms with Crippen LogP contribution in [0.25, 0.3) is 0 Å². The second kappa shape index (κ2) is 10.3. The summed E-state index contributed by atoms with van der Waals surface area (Å²) in [5, 5.41) is 0. The summed E-state index contributed by atoms with van der Waals surface area (Å²) in [6.45, 7) is 5.28. The zero-order valence-electron chi connectivity index (χ0n) is 19.1. The van der Waals surface area contributed by atoms with Crippen molar-refractivity contribution >= 4 is 11.6 Å². The number of unbranched alkanes of at least 4 members (excludes halogenated alkanes) is 1. The normalized spacial score (nSPS) is 16.9. The van der Waals surface area contributed by atoms with Crippen LogP contribution in [0.15, 0.2) is 35.1 Å². The SMILES string of the molecule is CCCCn1c2c(cc(C(=O)N3CCN(c4ccc(F)cc4)CC3)c1=O)CCCCCC2. The Balaban J connectivity index is 1.56. The molecule has 0 N–H and O–H groups in total. The molecule has 1 aliphatic carbocycles. The van der Waals surface area contributed by atoms with E-state index in [1.807, 2.05) is 10.6 Å². The molecule has 0 bridgehead atoms. The van der Waals surface area contributed by atoms with Crippen LogP contribution in [-0.4, -0.2) is 41.6 Å². The lowest BCUT2D eigenvalue weighted by molar-refractivity contribution is 0.0744. The fraction of sp³-hybridized carbons (Fsp3) is 0.538. The van der Waals surface area contributed by atoms with Crippen molar-refractivity contribution in [3.8, 4) is 0 Å². The first kappa shape index (κ1) is 22.6. The summed E-state index contributed by atoms with van der Waals surface area (Å²) in [6.07, 6.45) is 8.48. The minimum absolute atomic E-state index is 0.122. The maximum atomic E-state index is 13.4. The van der Waals surface area contributed by atoms with Crippen LogP contribution in [0.4, 0.5) is 10.1 Å². The van der Waals surface area contributed by atoms with Crippen LogP contribution >= 0.6 is 0 Å². The molecule has 2 aliphatic rings. The first-order valence-corrected chi connectivity index (χ1v) is 12.1. The average Bonchev–Trinajstić information content (AvgIpc) is 2.79. The minimum atomic E-state index is -0.249. The van der Waals surface area contributed by atoms with Gasteiger partial charge in [-0.05, 0) is 68.0 Å². The fourth-order valence-corrected chi connectivity index (χ4v) is 4.93. The number of hydrogen-bond donors (Lipinski definition) is 0. The van der Waals surface area contributed by atoms with Crippen LogP contribution in [0.2, 0.25) is 0 Å². The predicted octanol–water partition coefficient (Wildman–Crippen LogP) is 4.41. The average molecular weight is 440 g/mol. The molecular weight excluding hydrogens is 405 g/mol. The standard InChI is InChI=1S/C26H34FN3O2/c1-2-3-14-30-24-9-7-5-4-6-8-20(24)19-23(26(30)32)25(31)29-17-15-28(16-18-29)22-12-10-21(27)11-13-22/h10-13,19H,2-9,14-18H2,1H3. The smallest absolute Gasteiger partial charge is 0.263 e. The van der Waals surface area contributed by atoms with Gasteiger partial charge < -0.3 is 14.4 Å². The highest BCUT2D eigenvalue weighted by Crippen LogP contribution is 2.22. The Bertz CT molecular complexity index is 991. The molecule has 32 heavy (non-hydrogen) atoms. The Morgan fingerprint density at radius 2 is 1.66 bits per heavy atom. The molecule has 5 nitrogen and oxygen atoms in total. The molecule has 1 aromatic carbocycles. The first-order valence-electron chi connectivity index (χ1n) is 12.1. The number of pyridine rings is 1. The predicted molar refractivity (Wildman–Crippen MR) is 126 cm³/mol. The van der Waals surface area contributed by atoms with Crippen LogP contribution in [-0.2, 0) is 19.4 Å². The van der Waals surface area contributed by atoms with Gasteiger partial charge in [0.05, 0.1) is 0 Å². The van der Waals surface area contributed by atoms with Gasteiger partial charge in [-0.3, -0.25) is 9.59 Å². The first-order chi connectivity index (χ1) is 15.6.